The van der Waals surface area contributed by atoms with Crippen LogP contribution >= 0.6 is 11.8 Å². The van der Waals surface area contributed by atoms with Crippen LogP contribution in [0, 0.1) is 0 Å². The number of carbonyl (C=O) groups is 3. The number of carbonyl (C=O) groups excluding carboxylic acids is 3. The van der Waals surface area contributed by atoms with Gasteiger partial charge in [-0.05, 0) is 60.0 Å². The molecule has 0 saturated carbocycles. The quantitative estimate of drug-likeness (QED) is 0.622. The third-order valence-corrected chi connectivity index (χ3v) is 6.34. The molecule has 0 aromatic heterocycles. The second kappa shape index (κ2) is 9.48. The maximum atomic E-state index is 12.9. The van der Waals surface area contributed by atoms with Gasteiger partial charge >= 0.3 is 0 Å². The minimum absolute atomic E-state index is 0.231. The highest BCUT2D eigenvalue weighted by atomic mass is 32.2. The van der Waals surface area contributed by atoms with Gasteiger partial charge in [-0.3, -0.25) is 19.3 Å². The Morgan fingerprint density at radius 2 is 1.91 bits per heavy atom. The van der Waals surface area contributed by atoms with Crippen molar-refractivity contribution in [3.8, 4) is 11.5 Å². The molecule has 0 spiro atoms. The third-order valence-electron chi connectivity index (χ3n) is 5.44. The summed E-state index contributed by atoms with van der Waals surface area (Å²) in [5.74, 6) is 0.457. The summed E-state index contributed by atoms with van der Waals surface area (Å²) in [5.41, 5.74) is 3.04. The van der Waals surface area contributed by atoms with Gasteiger partial charge in [-0.25, -0.2) is 0 Å². The van der Waals surface area contributed by atoms with Gasteiger partial charge in [-0.15, -0.1) is 0 Å². The average molecular weight is 453 g/mol. The summed E-state index contributed by atoms with van der Waals surface area (Å²) >= 11 is 0.837. The van der Waals surface area contributed by atoms with Crippen LogP contribution in [0.5, 0.6) is 11.5 Å². The van der Waals surface area contributed by atoms with Crippen LogP contribution in [-0.2, 0) is 22.6 Å². The lowest BCUT2D eigenvalue weighted by molar-refractivity contribution is -0.136. The van der Waals surface area contributed by atoms with Crippen LogP contribution in [0.4, 0.5) is 4.79 Å². The minimum atomic E-state index is -0.460. The van der Waals surface area contributed by atoms with Gasteiger partial charge in [-0.1, -0.05) is 30.3 Å². The van der Waals surface area contributed by atoms with E-state index in [2.05, 4.69) is 6.07 Å². The summed E-state index contributed by atoms with van der Waals surface area (Å²) in [6.45, 7) is 3.20. The Balaban J connectivity index is 1.46. The normalized spacial score (nSPS) is 17.0. The highest BCUT2D eigenvalue weighted by molar-refractivity contribution is 8.18. The van der Waals surface area contributed by atoms with Gasteiger partial charge in [0.25, 0.3) is 11.1 Å². The van der Waals surface area contributed by atoms with Gasteiger partial charge in [0.2, 0.25) is 5.91 Å². The Hall–Kier alpha value is -3.26. The number of imide groups is 1. The number of benzene rings is 2. The molecule has 0 bridgehead atoms. The Morgan fingerprint density at radius 3 is 2.66 bits per heavy atom. The summed E-state index contributed by atoms with van der Waals surface area (Å²) in [7, 11) is 1.54. The van der Waals surface area contributed by atoms with Crippen molar-refractivity contribution in [3.05, 3.63) is 64.1 Å². The van der Waals surface area contributed by atoms with Gasteiger partial charge in [0.1, 0.15) is 6.54 Å². The van der Waals surface area contributed by atoms with Crippen LogP contribution in [0.15, 0.2) is 47.4 Å². The number of methoxy groups -OCH3 is 1. The number of hydrogen-bond acceptors (Lipinski definition) is 6. The fourth-order valence-electron chi connectivity index (χ4n) is 3.78. The highest BCUT2D eigenvalue weighted by Crippen LogP contribution is 2.34. The summed E-state index contributed by atoms with van der Waals surface area (Å²) in [6.07, 6.45) is 2.40. The van der Waals surface area contributed by atoms with Crippen LogP contribution in [-0.4, -0.2) is 53.7 Å². The zero-order valence-electron chi connectivity index (χ0n) is 18.0. The summed E-state index contributed by atoms with van der Waals surface area (Å²) in [5, 5.41) is -0.440. The monoisotopic (exact) mass is 452 g/mol. The van der Waals surface area contributed by atoms with E-state index in [1.807, 2.05) is 25.1 Å². The molecule has 2 aromatic carbocycles. The van der Waals surface area contributed by atoms with Crippen molar-refractivity contribution in [1.82, 2.24) is 9.80 Å². The van der Waals surface area contributed by atoms with E-state index < -0.39 is 11.1 Å². The molecule has 2 aromatic rings. The van der Waals surface area contributed by atoms with Crippen LogP contribution < -0.4 is 9.47 Å². The molecule has 166 valence electrons. The summed E-state index contributed by atoms with van der Waals surface area (Å²) in [4.78, 5) is 41.1. The molecule has 0 aliphatic carbocycles. The van der Waals surface area contributed by atoms with Gasteiger partial charge in [0, 0.05) is 13.1 Å². The number of rotatable bonds is 6. The highest BCUT2D eigenvalue weighted by Gasteiger charge is 2.37. The SMILES string of the molecule is CCOc1ccc(/C=C2/SC(=O)N(CC(=O)N3CCc4ccccc4C3)C2=O)cc1OC. The summed E-state index contributed by atoms with van der Waals surface area (Å²) in [6, 6.07) is 13.3. The molecule has 4 rings (SSSR count). The first kappa shape index (κ1) is 22.0. The molecule has 2 heterocycles. The van der Waals surface area contributed by atoms with Crippen molar-refractivity contribution in [1.29, 1.82) is 0 Å². The van der Waals surface area contributed by atoms with E-state index in [0.29, 0.717) is 36.8 Å². The van der Waals surface area contributed by atoms with Crippen molar-refractivity contribution in [2.75, 3.05) is 26.8 Å². The molecule has 3 amide bonds. The molecular weight excluding hydrogens is 428 g/mol. The summed E-state index contributed by atoms with van der Waals surface area (Å²) < 4.78 is 10.9. The first-order valence-corrected chi connectivity index (χ1v) is 11.2. The van der Waals surface area contributed by atoms with E-state index in [0.717, 1.165) is 28.6 Å². The second-order valence-electron chi connectivity index (χ2n) is 7.45. The zero-order valence-corrected chi connectivity index (χ0v) is 18.8. The molecule has 7 nitrogen and oxygen atoms in total. The van der Waals surface area contributed by atoms with E-state index in [1.165, 1.54) is 5.56 Å². The lowest BCUT2D eigenvalue weighted by Gasteiger charge is -2.29. The fourth-order valence-corrected chi connectivity index (χ4v) is 4.62. The molecule has 0 N–H and O–H groups in total. The molecule has 1 saturated heterocycles. The van der Waals surface area contributed by atoms with Crippen LogP contribution in [0.1, 0.15) is 23.6 Å². The molecule has 32 heavy (non-hydrogen) atoms. The molecule has 0 radical (unpaired) electrons. The maximum Gasteiger partial charge on any atom is 0.294 e. The van der Waals surface area contributed by atoms with Crippen molar-refractivity contribution in [3.63, 3.8) is 0 Å². The number of hydrogen-bond donors (Lipinski definition) is 0. The predicted molar refractivity (Wildman–Crippen MR) is 122 cm³/mol. The van der Waals surface area contributed by atoms with Gasteiger partial charge < -0.3 is 14.4 Å². The van der Waals surface area contributed by atoms with E-state index in [9.17, 15) is 14.4 Å². The number of nitrogens with zero attached hydrogens (tertiary/aromatic N) is 2. The number of thioether (sulfide) groups is 1. The van der Waals surface area contributed by atoms with Crippen molar-refractivity contribution >= 4 is 34.9 Å². The minimum Gasteiger partial charge on any atom is -0.493 e. The molecule has 2 aliphatic heterocycles. The predicted octanol–water partition coefficient (Wildman–Crippen LogP) is 3.72. The standard InChI is InChI=1S/C24H24N2O5S/c1-3-31-19-9-8-16(12-20(19)30-2)13-21-23(28)26(24(29)32-21)15-22(27)25-11-10-17-6-4-5-7-18(17)14-25/h4-9,12-13H,3,10-11,14-15H2,1-2H3/b21-13+. The van der Waals surface area contributed by atoms with E-state index in [4.69, 9.17) is 9.47 Å². The van der Waals surface area contributed by atoms with Crippen molar-refractivity contribution in [2.45, 2.75) is 19.9 Å². The fraction of sp³-hybridized carbons (Fsp3) is 0.292. The Kier molecular flexibility index (Phi) is 6.50. The first-order valence-electron chi connectivity index (χ1n) is 10.4. The largest absolute Gasteiger partial charge is 0.493 e. The maximum absolute atomic E-state index is 12.9. The molecule has 1 fully saturated rings. The first-order chi connectivity index (χ1) is 15.5. The lowest BCUT2D eigenvalue weighted by Crippen LogP contribution is -2.44. The van der Waals surface area contributed by atoms with Crippen molar-refractivity contribution in [2.24, 2.45) is 0 Å². The third kappa shape index (κ3) is 4.50. The van der Waals surface area contributed by atoms with Crippen molar-refractivity contribution < 1.29 is 23.9 Å². The Labute approximate surface area is 191 Å². The smallest absolute Gasteiger partial charge is 0.294 e. The molecular formula is C24H24N2O5S. The van der Waals surface area contributed by atoms with Gasteiger partial charge in [0.15, 0.2) is 11.5 Å². The van der Waals surface area contributed by atoms with E-state index in [-0.39, 0.29) is 17.4 Å². The topological polar surface area (TPSA) is 76.2 Å². The lowest BCUT2D eigenvalue weighted by atomic mass is 10.00. The van der Waals surface area contributed by atoms with Crippen LogP contribution in [0.25, 0.3) is 6.08 Å². The second-order valence-corrected chi connectivity index (χ2v) is 8.44. The number of ether oxygens (including phenoxy) is 2. The van der Waals surface area contributed by atoms with E-state index in [1.54, 1.807) is 36.3 Å². The molecule has 0 atom stereocenters. The molecule has 0 unspecified atom stereocenters. The Bertz CT molecular complexity index is 1100. The molecule has 2 aliphatic rings. The van der Waals surface area contributed by atoms with E-state index >= 15 is 0 Å². The average Bonchev–Trinajstić information content (AvgIpc) is 3.07. The van der Waals surface area contributed by atoms with Crippen LogP contribution in [0.3, 0.4) is 0 Å². The number of fused-ring (bicyclic) bond motifs is 1. The van der Waals surface area contributed by atoms with Crippen LogP contribution in [0.2, 0.25) is 0 Å². The van der Waals surface area contributed by atoms with Gasteiger partial charge in [-0.2, -0.15) is 0 Å². The number of amides is 3. The zero-order chi connectivity index (χ0) is 22.7. The molecule has 8 heteroatoms. The Morgan fingerprint density at radius 1 is 1.12 bits per heavy atom. The van der Waals surface area contributed by atoms with Gasteiger partial charge in [0.05, 0.1) is 18.6 Å².